The molecule has 0 fully saturated rings. The molecule has 1 amide bonds. The second kappa shape index (κ2) is 9.78. The zero-order chi connectivity index (χ0) is 16.8. The van der Waals surface area contributed by atoms with Crippen LogP contribution in [0.1, 0.15) is 40.2 Å². The van der Waals surface area contributed by atoms with Gasteiger partial charge in [-0.1, -0.05) is 39.8 Å². The Morgan fingerprint density at radius 1 is 1.17 bits per heavy atom. The third-order valence-electron chi connectivity index (χ3n) is 3.57. The van der Waals surface area contributed by atoms with Gasteiger partial charge in [-0.3, -0.25) is 4.79 Å². The first-order valence-electron chi connectivity index (χ1n) is 7.92. The van der Waals surface area contributed by atoms with E-state index in [2.05, 4.69) is 43.5 Å². The Kier molecular flexibility index (Phi) is 9.25. The van der Waals surface area contributed by atoms with Crippen LogP contribution in [0.3, 0.4) is 0 Å². The third kappa shape index (κ3) is 7.71. The molecule has 0 saturated carbocycles. The van der Waals surface area contributed by atoms with E-state index in [4.69, 9.17) is 4.74 Å². The highest BCUT2D eigenvalue weighted by Gasteiger charge is 2.15. The fraction of sp³-hybridized carbons (Fsp3) is 0.611. The minimum absolute atomic E-state index is 0. The molecule has 0 aromatic heterocycles. The average molecular weight is 343 g/mol. The van der Waals surface area contributed by atoms with Crippen molar-refractivity contribution in [2.45, 2.75) is 46.1 Å². The van der Waals surface area contributed by atoms with Gasteiger partial charge < -0.3 is 15.4 Å². The van der Waals surface area contributed by atoms with Gasteiger partial charge >= 0.3 is 0 Å². The number of ether oxygens (including phenoxy) is 1. The summed E-state index contributed by atoms with van der Waals surface area (Å²) in [6, 6.07) is 8.13. The van der Waals surface area contributed by atoms with Gasteiger partial charge in [-0.15, -0.1) is 12.4 Å². The third-order valence-corrected chi connectivity index (χ3v) is 3.57. The van der Waals surface area contributed by atoms with E-state index in [9.17, 15) is 4.79 Å². The first kappa shape index (κ1) is 21.7. The molecule has 0 spiro atoms. The van der Waals surface area contributed by atoms with Crippen molar-refractivity contribution in [2.75, 3.05) is 20.2 Å². The van der Waals surface area contributed by atoms with Gasteiger partial charge in [0.05, 0.1) is 6.04 Å². The summed E-state index contributed by atoms with van der Waals surface area (Å²) in [6.07, 6.45) is 0. The predicted molar refractivity (Wildman–Crippen MR) is 98.6 cm³/mol. The van der Waals surface area contributed by atoms with Crippen molar-refractivity contribution in [2.24, 2.45) is 5.92 Å². The lowest BCUT2D eigenvalue weighted by molar-refractivity contribution is -0.125. The molecular weight excluding hydrogens is 312 g/mol. The molecular formula is C18H31ClN2O2. The van der Waals surface area contributed by atoms with Gasteiger partial charge in [0.15, 0.2) is 0 Å². The van der Waals surface area contributed by atoms with Crippen molar-refractivity contribution in [3.05, 3.63) is 29.8 Å². The number of amides is 1. The van der Waals surface area contributed by atoms with Crippen LogP contribution in [0.25, 0.3) is 0 Å². The summed E-state index contributed by atoms with van der Waals surface area (Å²) < 4.78 is 5.75. The highest BCUT2D eigenvalue weighted by Crippen LogP contribution is 2.24. The van der Waals surface area contributed by atoms with E-state index >= 15 is 0 Å². The van der Waals surface area contributed by atoms with Crippen LogP contribution in [0.4, 0.5) is 0 Å². The van der Waals surface area contributed by atoms with Gasteiger partial charge in [0, 0.05) is 12.5 Å². The summed E-state index contributed by atoms with van der Waals surface area (Å²) in [5.41, 5.74) is 1.42. The van der Waals surface area contributed by atoms with Crippen LogP contribution < -0.4 is 15.4 Å². The first-order valence-corrected chi connectivity index (χ1v) is 7.92. The minimum Gasteiger partial charge on any atom is -0.491 e. The average Bonchev–Trinajstić information content (AvgIpc) is 2.45. The largest absolute Gasteiger partial charge is 0.491 e. The van der Waals surface area contributed by atoms with E-state index in [1.165, 1.54) is 5.56 Å². The number of nitrogens with one attached hydrogen (secondary N) is 2. The molecule has 2 N–H and O–H groups in total. The Hall–Kier alpha value is -1.26. The van der Waals surface area contributed by atoms with Crippen LogP contribution in [-0.4, -0.2) is 32.1 Å². The monoisotopic (exact) mass is 342 g/mol. The number of benzene rings is 1. The number of rotatable bonds is 7. The lowest BCUT2D eigenvalue weighted by atomic mass is 9.87. The normalized spacial score (nSPS) is 13.7. The molecule has 1 rings (SSSR count). The van der Waals surface area contributed by atoms with Gasteiger partial charge in [0.2, 0.25) is 5.91 Å². The Labute approximate surface area is 146 Å². The lowest BCUT2D eigenvalue weighted by Gasteiger charge is -2.20. The maximum Gasteiger partial charge on any atom is 0.224 e. The molecule has 0 aliphatic heterocycles. The van der Waals surface area contributed by atoms with Crippen molar-refractivity contribution in [3.8, 4) is 5.75 Å². The molecule has 0 aliphatic rings. The van der Waals surface area contributed by atoms with E-state index in [0.717, 1.165) is 5.75 Å². The van der Waals surface area contributed by atoms with E-state index in [-0.39, 0.29) is 35.7 Å². The zero-order valence-electron chi connectivity index (χ0n) is 15.1. The molecule has 0 heterocycles. The van der Waals surface area contributed by atoms with E-state index in [1.54, 1.807) is 0 Å². The van der Waals surface area contributed by atoms with Crippen LogP contribution in [0.15, 0.2) is 24.3 Å². The SMILES string of the molecule is CNCC(C)C(=O)NC(C)COc1ccc(C(C)(C)C)cc1.Cl. The molecule has 1 aromatic carbocycles. The smallest absolute Gasteiger partial charge is 0.224 e. The van der Waals surface area contributed by atoms with Crippen molar-refractivity contribution < 1.29 is 9.53 Å². The Bertz CT molecular complexity index is 469. The van der Waals surface area contributed by atoms with Gasteiger partial charge in [-0.05, 0) is 37.1 Å². The van der Waals surface area contributed by atoms with E-state index in [1.807, 2.05) is 33.0 Å². The Balaban J connectivity index is 0.00000484. The topological polar surface area (TPSA) is 50.4 Å². The minimum atomic E-state index is -0.0430. The summed E-state index contributed by atoms with van der Waals surface area (Å²) >= 11 is 0. The summed E-state index contributed by atoms with van der Waals surface area (Å²) in [4.78, 5) is 11.9. The fourth-order valence-corrected chi connectivity index (χ4v) is 2.10. The molecule has 0 bridgehead atoms. The van der Waals surface area contributed by atoms with Crippen molar-refractivity contribution in [1.29, 1.82) is 0 Å². The molecule has 1 aromatic rings. The number of hydrogen-bond donors (Lipinski definition) is 2. The second-order valence-electron chi connectivity index (χ2n) is 6.95. The standard InChI is InChI=1S/C18H30N2O2.ClH/c1-13(11-19-6)17(21)20-14(2)12-22-16-9-7-15(8-10-16)18(3,4)5;/h7-10,13-14,19H,11-12H2,1-6H3,(H,20,21);1H. The van der Waals surface area contributed by atoms with Crippen LogP contribution in [-0.2, 0) is 10.2 Å². The maximum atomic E-state index is 11.9. The molecule has 132 valence electrons. The molecule has 5 heteroatoms. The van der Waals surface area contributed by atoms with Crippen molar-refractivity contribution >= 4 is 18.3 Å². The number of hydrogen-bond acceptors (Lipinski definition) is 3. The first-order chi connectivity index (χ1) is 10.2. The van der Waals surface area contributed by atoms with E-state index < -0.39 is 0 Å². The molecule has 0 radical (unpaired) electrons. The quantitative estimate of drug-likeness (QED) is 0.800. The summed E-state index contributed by atoms with van der Waals surface area (Å²) in [7, 11) is 1.84. The predicted octanol–water partition coefficient (Wildman–Crippen LogP) is 3.14. The zero-order valence-corrected chi connectivity index (χ0v) is 15.9. The van der Waals surface area contributed by atoms with Crippen LogP contribution in [0.2, 0.25) is 0 Å². The van der Waals surface area contributed by atoms with E-state index in [0.29, 0.717) is 13.2 Å². The van der Waals surface area contributed by atoms with Gasteiger partial charge in [-0.25, -0.2) is 0 Å². The molecule has 2 atom stereocenters. The summed E-state index contributed by atoms with van der Waals surface area (Å²) in [5, 5.41) is 5.97. The molecule has 23 heavy (non-hydrogen) atoms. The van der Waals surface area contributed by atoms with Crippen LogP contribution in [0.5, 0.6) is 5.75 Å². The summed E-state index contributed by atoms with van der Waals surface area (Å²) in [5.74, 6) is 0.837. The van der Waals surface area contributed by atoms with Crippen molar-refractivity contribution in [3.63, 3.8) is 0 Å². The van der Waals surface area contributed by atoms with Crippen LogP contribution in [0, 0.1) is 5.92 Å². The van der Waals surface area contributed by atoms with Crippen LogP contribution >= 0.6 is 12.4 Å². The molecule has 0 aliphatic carbocycles. The molecule has 0 saturated heterocycles. The highest BCUT2D eigenvalue weighted by molar-refractivity contribution is 5.85. The summed E-state index contributed by atoms with van der Waals surface area (Å²) in [6.45, 7) is 11.6. The number of halogens is 1. The highest BCUT2D eigenvalue weighted by atomic mass is 35.5. The maximum absolute atomic E-state index is 11.9. The Morgan fingerprint density at radius 2 is 1.74 bits per heavy atom. The molecule has 4 nitrogen and oxygen atoms in total. The Morgan fingerprint density at radius 3 is 2.22 bits per heavy atom. The van der Waals surface area contributed by atoms with Gasteiger partial charge in [0.1, 0.15) is 12.4 Å². The lowest BCUT2D eigenvalue weighted by Crippen LogP contribution is -2.41. The fourth-order valence-electron chi connectivity index (χ4n) is 2.10. The number of carbonyl (C=O) groups excluding carboxylic acids is 1. The van der Waals surface area contributed by atoms with Gasteiger partial charge in [0.25, 0.3) is 0 Å². The van der Waals surface area contributed by atoms with Gasteiger partial charge in [-0.2, -0.15) is 0 Å². The second-order valence-corrected chi connectivity index (χ2v) is 6.95. The van der Waals surface area contributed by atoms with Crippen molar-refractivity contribution in [1.82, 2.24) is 10.6 Å². The number of carbonyl (C=O) groups is 1. The molecule has 2 unspecified atom stereocenters.